The van der Waals surface area contributed by atoms with Crippen LogP contribution in [-0.4, -0.2) is 31.4 Å². The van der Waals surface area contributed by atoms with Gasteiger partial charge in [0.1, 0.15) is 5.75 Å². The van der Waals surface area contributed by atoms with Gasteiger partial charge in [-0.15, -0.1) is 0 Å². The van der Waals surface area contributed by atoms with Crippen LogP contribution in [-0.2, 0) is 0 Å². The van der Waals surface area contributed by atoms with Crippen LogP contribution in [0.5, 0.6) is 17.2 Å². The van der Waals surface area contributed by atoms with E-state index < -0.39 is 5.91 Å². The van der Waals surface area contributed by atoms with Crippen molar-refractivity contribution in [3.05, 3.63) is 64.1 Å². The molecule has 0 saturated heterocycles. The molecule has 0 aromatic heterocycles. The molecule has 0 spiro atoms. The van der Waals surface area contributed by atoms with Gasteiger partial charge in [-0.05, 0) is 51.0 Å². The number of hydrazone groups is 1. The van der Waals surface area contributed by atoms with E-state index in [9.17, 15) is 9.90 Å². The van der Waals surface area contributed by atoms with Gasteiger partial charge in [-0.2, -0.15) is 5.10 Å². The standard InChI is InChI=1S/C20H17BrN2O4/c1-26-18-8-13-6-4-3-5-12(13)7-15(18)20(25)23-22-11-14-9-19(27-2)17(24)10-16(14)21/h3-11,24H,1-2H3,(H,23,25). The first-order valence-corrected chi connectivity index (χ1v) is 8.79. The summed E-state index contributed by atoms with van der Waals surface area (Å²) in [6.07, 6.45) is 1.46. The van der Waals surface area contributed by atoms with Crippen LogP contribution in [0.3, 0.4) is 0 Å². The smallest absolute Gasteiger partial charge is 0.275 e. The second-order valence-electron chi connectivity index (χ2n) is 5.64. The van der Waals surface area contributed by atoms with Gasteiger partial charge in [0.05, 0.1) is 26.0 Å². The molecule has 0 atom stereocenters. The molecular formula is C20H17BrN2O4. The Kier molecular flexibility index (Phi) is 5.61. The van der Waals surface area contributed by atoms with Gasteiger partial charge in [0, 0.05) is 10.0 Å². The molecule has 0 aliphatic heterocycles. The molecule has 3 rings (SSSR count). The van der Waals surface area contributed by atoms with Crippen molar-refractivity contribution < 1.29 is 19.4 Å². The van der Waals surface area contributed by atoms with E-state index in [1.807, 2.05) is 30.3 Å². The number of ether oxygens (including phenoxy) is 2. The molecule has 0 aliphatic carbocycles. The normalized spacial score (nSPS) is 10.9. The Bertz CT molecular complexity index is 1030. The van der Waals surface area contributed by atoms with Crippen molar-refractivity contribution >= 4 is 38.8 Å². The van der Waals surface area contributed by atoms with Crippen molar-refractivity contribution in [3.63, 3.8) is 0 Å². The molecular weight excluding hydrogens is 412 g/mol. The molecule has 0 bridgehead atoms. The largest absolute Gasteiger partial charge is 0.504 e. The van der Waals surface area contributed by atoms with Crippen LogP contribution in [0.15, 0.2) is 58.1 Å². The topological polar surface area (TPSA) is 80.2 Å². The summed E-state index contributed by atoms with van der Waals surface area (Å²) in [4.78, 5) is 12.5. The molecule has 27 heavy (non-hydrogen) atoms. The minimum atomic E-state index is -0.393. The molecule has 0 aliphatic rings. The van der Waals surface area contributed by atoms with E-state index in [2.05, 4.69) is 26.5 Å². The summed E-state index contributed by atoms with van der Waals surface area (Å²) in [5, 5.41) is 15.6. The molecule has 0 saturated carbocycles. The number of hydrogen-bond acceptors (Lipinski definition) is 5. The van der Waals surface area contributed by atoms with Gasteiger partial charge >= 0.3 is 0 Å². The average Bonchev–Trinajstić information content (AvgIpc) is 2.68. The lowest BCUT2D eigenvalue weighted by Crippen LogP contribution is -2.18. The van der Waals surface area contributed by atoms with Gasteiger partial charge in [-0.1, -0.05) is 24.3 Å². The maximum absolute atomic E-state index is 12.5. The van der Waals surface area contributed by atoms with Crippen LogP contribution in [0, 0.1) is 0 Å². The third kappa shape index (κ3) is 4.03. The zero-order valence-electron chi connectivity index (χ0n) is 14.7. The highest BCUT2D eigenvalue weighted by atomic mass is 79.9. The maximum atomic E-state index is 12.5. The first kappa shape index (κ1) is 18.7. The Hall–Kier alpha value is -3.06. The number of carbonyl (C=O) groups excluding carboxylic acids is 1. The van der Waals surface area contributed by atoms with Crippen LogP contribution in [0.2, 0.25) is 0 Å². The summed E-state index contributed by atoms with van der Waals surface area (Å²) in [6, 6.07) is 14.4. The monoisotopic (exact) mass is 428 g/mol. The van der Waals surface area contributed by atoms with E-state index in [1.54, 1.807) is 12.1 Å². The third-order valence-corrected chi connectivity index (χ3v) is 4.67. The molecule has 2 N–H and O–H groups in total. The quantitative estimate of drug-likeness (QED) is 0.473. The number of methoxy groups -OCH3 is 2. The Labute approximate surface area is 164 Å². The van der Waals surface area contributed by atoms with Crippen molar-refractivity contribution in [3.8, 4) is 17.2 Å². The predicted molar refractivity (Wildman–Crippen MR) is 108 cm³/mol. The highest BCUT2D eigenvalue weighted by molar-refractivity contribution is 9.10. The molecule has 0 radical (unpaired) electrons. The number of aromatic hydroxyl groups is 1. The minimum absolute atomic E-state index is 0.00598. The Morgan fingerprint density at radius 1 is 1.07 bits per heavy atom. The third-order valence-electron chi connectivity index (χ3n) is 3.98. The maximum Gasteiger partial charge on any atom is 0.275 e. The van der Waals surface area contributed by atoms with Gasteiger partial charge in [-0.25, -0.2) is 5.43 Å². The Morgan fingerprint density at radius 2 is 1.74 bits per heavy atom. The summed E-state index contributed by atoms with van der Waals surface area (Å²) >= 11 is 3.33. The van der Waals surface area contributed by atoms with Crippen LogP contribution >= 0.6 is 15.9 Å². The number of nitrogens with one attached hydrogen (secondary N) is 1. The number of nitrogens with zero attached hydrogens (tertiary/aromatic N) is 1. The van der Waals surface area contributed by atoms with Crippen LogP contribution < -0.4 is 14.9 Å². The summed E-state index contributed by atoms with van der Waals surface area (Å²) in [5.74, 6) is 0.387. The number of hydrogen-bond donors (Lipinski definition) is 2. The molecule has 138 valence electrons. The summed E-state index contributed by atoms with van der Waals surface area (Å²) in [7, 11) is 2.97. The molecule has 0 fully saturated rings. The van der Waals surface area contributed by atoms with E-state index in [-0.39, 0.29) is 5.75 Å². The summed E-state index contributed by atoms with van der Waals surface area (Å²) in [5.41, 5.74) is 3.51. The first-order chi connectivity index (χ1) is 13.0. The van der Waals surface area contributed by atoms with E-state index >= 15 is 0 Å². The second kappa shape index (κ2) is 8.09. The molecule has 1 amide bonds. The van der Waals surface area contributed by atoms with Crippen molar-refractivity contribution in [2.45, 2.75) is 0 Å². The number of halogens is 1. The van der Waals surface area contributed by atoms with Gasteiger partial charge < -0.3 is 14.6 Å². The van der Waals surface area contributed by atoms with Crippen LogP contribution in [0.4, 0.5) is 0 Å². The number of carbonyl (C=O) groups is 1. The van der Waals surface area contributed by atoms with E-state index in [1.165, 1.54) is 26.5 Å². The SMILES string of the molecule is COc1cc(C=NNC(=O)c2cc3ccccc3cc2OC)c(Br)cc1O. The van der Waals surface area contributed by atoms with Gasteiger partial charge in [0.2, 0.25) is 0 Å². The Balaban J connectivity index is 1.84. The number of phenolic OH excluding ortho intramolecular Hbond substituents is 1. The number of amides is 1. The lowest BCUT2D eigenvalue weighted by atomic mass is 10.1. The fourth-order valence-corrected chi connectivity index (χ4v) is 3.04. The average molecular weight is 429 g/mol. The summed E-state index contributed by atoms with van der Waals surface area (Å²) < 4.78 is 11.0. The second-order valence-corrected chi connectivity index (χ2v) is 6.50. The molecule has 0 unspecified atom stereocenters. The fraction of sp³-hybridized carbons (Fsp3) is 0.100. The van der Waals surface area contributed by atoms with Crippen LogP contribution in [0.25, 0.3) is 10.8 Å². The lowest BCUT2D eigenvalue weighted by Gasteiger charge is -2.09. The van der Waals surface area contributed by atoms with Crippen LogP contribution in [0.1, 0.15) is 15.9 Å². The molecule has 7 heteroatoms. The highest BCUT2D eigenvalue weighted by Gasteiger charge is 2.13. The van der Waals surface area contributed by atoms with Crippen molar-refractivity contribution in [1.29, 1.82) is 0 Å². The highest BCUT2D eigenvalue weighted by Crippen LogP contribution is 2.31. The molecule has 3 aromatic rings. The number of fused-ring (bicyclic) bond motifs is 1. The molecule has 6 nitrogen and oxygen atoms in total. The summed E-state index contributed by atoms with van der Waals surface area (Å²) in [6.45, 7) is 0. The zero-order valence-corrected chi connectivity index (χ0v) is 16.3. The van der Waals surface area contributed by atoms with E-state index in [4.69, 9.17) is 9.47 Å². The fourth-order valence-electron chi connectivity index (χ4n) is 2.61. The van der Waals surface area contributed by atoms with Crippen molar-refractivity contribution in [2.75, 3.05) is 14.2 Å². The van der Waals surface area contributed by atoms with Gasteiger partial charge in [-0.3, -0.25) is 4.79 Å². The predicted octanol–water partition coefficient (Wildman–Crippen LogP) is 4.09. The van der Waals surface area contributed by atoms with E-state index in [0.29, 0.717) is 27.1 Å². The number of rotatable bonds is 5. The van der Waals surface area contributed by atoms with Crippen molar-refractivity contribution in [2.24, 2.45) is 5.10 Å². The lowest BCUT2D eigenvalue weighted by molar-refractivity contribution is 0.0952. The van der Waals surface area contributed by atoms with Crippen molar-refractivity contribution in [1.82, 2.24) is 5.43 Å². The molecule has 3 aromatic carbocycles. The molecule has 0 heterocycles. The van der Waals surface area contributed by atoms with E-state index in [0.717, 1.165) is 10.8 Å². The Morgan fingerprint density at radius 3 is 2.41 bits per heavy atom. The van der Waals surface area contributed by atoms with Gasteiger partial charge in [0.25, 0.3) is 5.91 Å². The number of benzene rings is 3. The zero-order chi connectivity index (χ0) is 19.4. The van der Waals surface area contributed by atoms with Gasteiger partial charge in [0.15, 0.2) is 11.5 Å². The minimum Gasteiger partial charge on any atom is -0.504 e. The first-order valence-electron chi connectivity index (χ1n) is 8.00. The number of phenols is 1.